The molecule has 130 valence electrons. The minimum absolute atomic E-state index is 0.0178. The fourth-order valence-corrected chi connectivity index (χ4v) is 3.16. The lowest BCUT2D eigenvalue weighted by Crippen LogP contribution is -2.34. The molecule has 0 saturated carbocycles. The maximum Gasteiger partial charge on any atom is 0.258 e. The van der Waals surface area contributed by atoms with Gasteiger partial charge in [0.25, 0.3) is 5.91 Å². The van der Waals surface area contributed by atoms with Gasteiger partial charge in [-0.05, 0) is 48.6 Å². The van der Waals surface area contributed by atoms with Gasteiger partial charge in [-0.1, -0.05) is 24.3 Å². The van der Waals surface area contributed by atoms with Crippen LogP contribution >= 0.6 is 0 Å². The highest BCUT2D eigenvalue weighted by Crippen LogP contribution is 2.30. The van der Waals surface area contributed by atoms with E-state index >= 15 is 0 Å². The summed E-state index contributed by atoms with van der Waals surface area (Å²) in [6.07, 6.45) is 3.75. The van der Waals surface area contributed by atoms with Crippen LogP contribution in [0.15, 0.2) is 42.5 Å². The summed E-state index contributed by atoms with van der Waals surface area (Å²) >= 11 is 0. The van der Waals surface area contributed by atoms with E-state index in [4.69, 9.17) is 9.47 Å². The number of hydrogen-bond donors (Lipinski definition) is 1. The van der Waals surface area contributed by atoms with Gasteiger partial charge in [0, 0.05) is 5.56 Å². The van der Waals surface area contributed by atoms with Crippen LogP contribution in [0.2, 0.25) is 0 Å². The molecule has 1 aliphatic rings. The number of aryl methyl sites for hydroxylation is 1. The second kappa shape index (κ2) is 7.83. The fraction of sp³-hybridized carbons (Fsp3) is 0.300. The van der Waals surface area contributed by atoms with Crippen LogP contribution < -0.4 is 14.8 Å². The lowest BCUT2D eigenvalue weighted by atomic mass is 9.88. The predicted molar refractivity (Wildman–Crippen MR) is 94.1 cm³/mol. The lowest BCUT2D eigenvalue weighted by molar-refractivity contribution is -0.124. The number of rotatable bonds is 6. The Kier molecular flexibility index (Phi) is 5.33. The molecule has 0 spiro atoms. The Bertz CT molecular complexity index is 772. The first-order chi connectivity index (χ1) is 12.2. The maximum atomic E-state index is 12.3. The summed E-state index contributed by atoms with van der Waals surface area (Å²) in [7, 11) is 1.52. The Morgan fingerprint density at radius 2 is 2.08 bits per heavy atom. The number of benzene rings is 2. The topological polar surface area (TPSA) is 64.6 Å². The van der Waals surface area contributed by atoms with Crippen molar-refractivity contribution in [2.75, 3.05) is 13.7 Å². The summed E-state index contributed by atoms with van der Waals surface area (Å²) in [4.78, 5) is 23.2. The standard InChI is InChI=1S/C20H21NO4/c1-24-18-10-9-14(12-22)11-19(18)25-13-20(23)21-17-8-4-6-15-5-2-3-7-16(15)17/h2-3,5,7,9-12,17H,4,6,8,13H2,1H3,(H,21,23). The van der Waals surface area contributed by atoms with Crippen molar-refractivity contribution in [2.45, 2.75) is 25.3 Å². The molecule has 5 heteroatoms. The molecular weight excluding hydrogens is 318 g/mol. The highest BCUT2D eigenvalue weighted by Gasteiger charge is 2.21. The number of carbonyl (C=O) groups is 2. The van der Waals surface area contributed by atoms with E-state index in [2.05, 4.69) is 17.4 Å². The first-order valence-corrected chi connectivity index (χ1v) is 8.34. The minimum Gasteiger partial charge on any atom is -0.493 e. The third kappa shape index (κ3) is 3.99. The molecule has 0 heterocycles. The van der Waals surface area contributed by atoms with E-state index < -0.39 is 0 Å². The van der Waals surface area contributed by atoms with Gasteiger partial charge in [0.05, 0.1) is 13.2 Å². The normalized spacial score (nSPS) is 15.8. The Morgan fingerprint density at radius 3 is 2.88 bits per heavy atom. The summed E-state index contributed by atoms with van der Waals surface area (Å²) < 4.78 is 10.8. The van der Waals surface area contributed by atoms with Crippen molar-refractivity contribution >= 4 is 12.2 Å². The Hall–Kier alpha value is -2.82. The Balaban J connectivity index is 1.64. The number of carbonyl (C=O) groups excluding carboxylic acids is 2. The number of nitrogens with one attached hydrogen (secondary N) is 1. The highest BCUT2D eigenvalue weighted by molar-refractivity contribution is 5.79. The minimum atomic E-state index is -0.194. The van der Waals surface area contributed by atoms with Gasteiger partial charge in [-0.15, -0.1) is 0 Å². The summed E-state index contributed by atoms with van der Waals surface area (Å²) in [5, 5.41) is 3.04. The average Bonchev–Trinajstić information content (AvgIpc) is 2.66. The largest absolute Gasteiger partial charge is 0.493 e. The number of methoxy groups -OCH3 is 1. The van der Waals surface area contributed by atoms with Crippen LogP contribution in [0.25, 0.3) is 0 Å². The summed E-state index contributed by atoms with van der Waals surface area (Å²) in [6, 6.07) is 13.1. The van der Waals surface area contributed by atoms with Crippen LogP contribution in [0.4, 0.5) is 0 Å². The van der Waals surface area contributed by atoms with Crippen LogP contribution in [0, 0.1) is 0 Å². The molecule has 1 unspecified atom stereocenters. The molecule has 0 aliphatic heterocycles. The summed E-state index contributed by atoms with van der Waals surface area (Å²) in [5.74, 6) is 0.674. The molecule has 1 aliphatic carbocycles. The molecule has 0 bridgehead atoms. The average molecular weight is 339 g/mol. The zero-order valence-electron chi connectivity index (χ0n) is 14.2. The number of aldehydes is 1. The SMILES string of the molecule is COc1ccc(C=O)cc1OCC(=O)NC1CCCc2ccccc21. The van der Waals surface area contributed by atoms with Gasteiger partial charge in [0.2, 0.25) is 0 Å². The van der Waals surface area contributed by atoms with Crippen molar-refractivity contribution in [1.29, 1.82) is 0 Å². The Morgan fingerprint density at radius 1 is 1.24 bits per heavy atom. The molecule has 0 fully saturated rings. The molecule has 0 saturated heterocycles. The summed E-state index contributed by atoms with van der Waals surface area (Å²) in [6.45, 7) is -0.128. The third-order valence-electron chi connectivity index (χ3n) is 4.39. The second-order valence-electron chi connectivity index (χ2n) is 6.03. The molecule has 1 amide bonds. The number of ether oxygens (including phenoxy) is 2. The van der Waals surface area contributed by atoms with E-state index in [9.17, 15) is 9.59 Å². The van der Waals surface area contributed by atoms with Crippen LogP contribution in [0.3, 0.4) is 0 Å². The lowest BCUT2D eigenvalue weighted by Gasteiger charge is -2.26. The molecular formula is C20H21NO4. The highest BCUT2D eigenvalue weighted by atomic mass is 16.5. The molecule has 3 rings (SSSR count). The number of fused-ring (bicyclic) bond motifs is 1. The van der Waals surface area contributed by atoms with Crippen molar-refractivity contribution in [3.63, 3.8) is 0 Å². The van der Waals surface area contributed by atoms with E-state index in [0.29, 0.717) is 17.1 Å². The molecule has 2 aromatic rings. The van der Waals surface area contributed by atoms with Gasteiger partial charge in [-0.25, -0.2) is 0 Å². The van der Waals surface area contributed by atoms with E-state index in [1.54, 1.807) is 18.2 Å². The summed E-state index contributed by atoms with van der Waals surface area (Å²) in [5.41, 5.74) is 2.94. The van der Waals surface area contributed by atoms with Crippen LogP contribution in [0.1, 0.15) is 40.4 Å². The van der Waals surface area contributed by atoms with E-state index in [1.165, 1.54) is 18.2 Å². The van der Waals surface area contributed by atoms with Gasteiger partial charge >= 0.3 is 0 Å². The van der Waals surface area contributed by atoms with Crippen LogP contribution in [-0.2, 0) is 11.2 Å². The van der Waals surface area contributed by atoms with Gasteiger partial charge in [-0.3, -0.25) is 9.59 Å². The molecule has 25 heavy (non-hydrogen) atoms. The van der Waals surface area contributed by atoms with Crippen LogP contribution in [0.5, 0.6) is 11.5 Å². The van der Waals surface area contributed by atoms with Gasteiger partial charge in [-0.2, -0.15) is 0 Å². The smallest absolute Gasteiger partial charge is 0.258 e. The van der Waals surface area contributed by atoms with E-state index in [0.717, 1.165) is 25.5 Å². The van der Waals surface area contributed by atoms with Crippen molar-refractivity contribution in [1.82, 2.24) is 5.32 Å². The van der Waals surface area contributed by atoms with E-state index in [-0.39, 0.29) is 18.6 Å². The predicted octanol–water partition coefficient (Wildman–Crippen LogP) is 3.08. The molecule has 1 atom stereocenters. The first-order valence-electron chi connectivity index (χ1n) is 8.34. The quantitative estimate of drug-likeness (QED) is 0.822. The monoisotopic (exact) mass is 339 g/mol. The van der Waals surface area contributed by atoms with Crippen molar-refractivity contribution in [3.05, 3.63) is 59.2 Å². The van der Waals surface area contributed by atoms with Gasteiger partial charge < -0.3 is 14.8 Å². The molecule has 1 N–H and O–H groups in total. The second-order valence-corrected chi connectivity index (χ2v) is 6.03. The van der Waals surface area contributed by atoms with Crippen molar-refractivity contribution in [3.8, 4) is 11.5 Å². The van der Waals surface area contributed by atoms with E-state index in [1.807, 2.05) is 12.1 Å². The van der Waals surface area contributed by atoms with Crippen molar-refractivity contribution in [2.24, 2.45) is 0 Å². The number of hydrogen-bond acceptors (Lipinski definition) is 4. The third-order valence-corrected chi connectivity index (χ3v) is 4.39. The zero-order valence-corrected chi connectivity index (χ0v) is 14.2. The molecule has 5 nitrogen and oxygen atoms in total. The van der Waals surface area contributed by atoms with Gasteiger partial charge in [0.1, 0.15) is 6.29 Å². The molecule has 0 aromatic heterocycles. The molecule has 2 aromatic carbocycles. The molecule has 0 radical (unpaired) electrons. The number of amides is 1. The fourth-order valence-electron chi connectivity index (χ4n) is 3.16. The zero-order chi connectivity index (χ0) is 17.6. The Labute approximate surface area is 147 Å². The maximum absolute atomic E-state index is 12.3. The van der Waals surface area contributed by atoms with Gasteiger partial charge in [0.15, 0.2) is 18.1 Å². The van der Waals surface area contributed by atoms with Crippen LogP contribution in [-0.4, -0.2) is 25.9 Å². The first kappa shape index (κ1) is 17.0. The van der Waals surface area contributed by atoms with Crippen molar-refractivity contribution < 1.29 is 19.1 Å².